The maximum absolute atomic E-state index is 12.5. The average molecular weight is 293 g/mol. The summed E-state index contributed by atoms with van der Waals surface area (Å²) in [5.74, 6) is 0.146. The first kappa shape index (κ1) is 14.5. The quantitative estimate of drug-likeness (QED) is 0.535. The van der Waals surface area contributed by atoms with Crippen molar-refractivity contribution in [3.8, 4) is 0 Å². The Hall–Kier alpha value is -2.42. The Balaban J connectivity index is 2.06. The van der Waals surface area contributed by atoms with Crippen molar-refractivity contribution in [1.29, 1.82) is 0 Å². The molecular weight excluding hydrogens is 272 g/mol. The molecule has 3 nitrogen and oxygen atoms in total. The molecular formula is C19H21N2O+. The van der Waals surface area contributed by atoms with Gasteiger partial charge in [0, 0.05) is 17.7 Å². The van der Waals surface area contributed by atoms with Crippen molar-refractivity contribution in [1.82, 2.24) is 4.40 Å². The molecule has 0 spiro atoms. The Kier molecular flexibility index (Phi) is 3.80. The molecule has 2 heterocycles. The van der Waals surface area contributed by atoms with Gasteiger partial charge in [0.25, 0.3) is 0 Å². The lowest BCUT2D eigenvalue weighted by Gasteiger charge is -2.08. The van der Waals surface area contributed by atoms with Crippen molar-refractivity contribution in [2.45, 2.75) is 33.7 Å². The molecule has 0 N–H and O–H groups in total. The van der Waals surface area contributed by atoms with E-state index in [1.54, 1.807) is 0 Å². The molecule has 112 valence electrons. The highest BCUT2D eigenvalue weighted by atomic mass is 16.1. The van der Waals surface area contributed by atoms with Gasteiger partial charge in [-0.05, 0) is 26.0 Å². The summed E-state index contributed by atoms with van der Waals surface area (Å²) in [5, 5.41) is 0. The van der Waals surface area contributed by atoms with E-state index in [1.165, 1.54) is 16.9 Å². The lowest BCUT2D eigenvalue weighted by Crippen LogP contribution is -2.43. The van der Waals surface area contributed by atoms with Crippen LogP contribution >= 0.6 is 0 Å². The standard InChI is InChI=1S/C19H21N2O/c1-4-17-18-11-10-14(2)21(18)15(3)12-20(17)13-19(22)16-8-6-5-7-9-16/h5-12H,4,13H2,1-3H3/q+1. The number of aromatic nitrogens is 2. The van der Waals surface area contributed by atoms with E-state index in [0.717, 1.165) is 17.7 Å². The lowest BCUT2D eigenvalue weighted by molar-refractivity contribution is -0.690. The van der Waals surface area contributed by atoms with Gasteiger partial charge in [-0.3, -0.25) is 4.79 Å². The zero-order valence-electron chi connectivity index (χ0n) is 13.3. The fourth-order valence-corrected chi connectivity index (χ4v) is 3.14. The Bertz CT molecular complexity index is 832. The smallest absolute Gasteiger partial charge is 0.227 e. The predicted molar refractivity (Wildman–Crippen MR) is 87.2 cm³/mol. The fraction of sp³-hybridized carbons (Fsp3) is 0.263. The Morgan fingerprint density at radius 3 is 2.45 bits per heavy atom. The number of benzene rings is 1. The van der Waals surface area contributed by atoms with Crippen LogP contribution in [-0.4, -0.2) is 10.2 Å². The molecule has 0 radical (unpaired) electrons. The van der Waals surface area contributed by atoms with Crippen molar-refractivity contribution in [2.75, 3.05) is 0 Å². The number of ketones is 1. The van der Waals surface area contributed by atoms with Gasteiger partial charge in [-0.2, -0.15) is 4.57 Å². The lowest BCUT2D eigenvalue weighted by atomic mass is 10.1. The Morgan fingerprint density at radius 2 is 1.77 bits per heavy atom. The first-order chi connectivity index (χ1) is 10.6. The second-order valence-electron chi connectivity index (χ2n) is 5.68. The SMILES string of the molecule is CCc1c2ccc(C)n2c(C)c[n+]1CC(=O)c1ccccc1. The van der Waals surface area contributed by atoms with Gasteiger partial charge in [-0.15, -0.1) is 0 Å². The third-order valence-electron chi connectivity index (χ3n) is 4.16. The van der Waals surface area contributed by atoms with E-state index in [1.807, 2.05) is 30.3 Å². The van der Waals surface area contributed by atoms with Crippen molar-refractivity contribution >= 4 is 11.3 Å². The minimum Gasteiger partial charge on any atom is -0.307 e. The van der Waals surface area contributed by atoms with Gasteiger partial charge in [-0.25, -0.2) is 0 Å². The van der Waals surface area contributed by atoms with Gasteiger partial charge in [-0.1, -0.05) is 37.3 Å². The maximum Gasteiger partial charge on any atom is 0.227 e. The number of fused-ring (bicyclic) bond motifs is 1. The van der Waals surface area contributed by atoms with E-state index < -0.39 is 0 Å². The molecule has 3 aromatic rings. The molecule has 0 saturated heterocycles. The molecule has 3 rings (SSSR count). The summed E-state index contributed by atoms with van der Waals surface area (Å²) in [7, 11) is 0. The summed E-state index contributed by atoms with van der Waals surface area (Å²) in [5.41, 5.74) is 5.53. The number of carbonyl (C=O) groups is 1. The van der Waals surface area contributed by atoms with Gasteiger partial charge in [0.1, 0.15) is 5.52 Å². The topological polar surface area (TPSA) is 25.4 Å². The second-order valence-corrected chi connectivity index (χ2v) is 5.68. The molecule has 1 aromatic carbocycles. The highest BCUT2D eigenvalue weighted by molar-refractivity contribution is 5.95. The summed E-state index contributed by atoms with van der Waals surface area (Å²) in [6.45, 7) is 6.72. The highest BCUT2D eigenvalue weighted by Gasteiger charge is 2.20. The van der Waals surface area contributed by atoms with Crippen LogP contribution in [0.5, 0.6) is 0 Å². The summed E-state index contributed by atoms with van der Waals surface area (Å²) in [4.78, 5) is 12.5. The van der Waals surface area contributed by atoms with Crippen LogP contribution in [0.4, 0.5) is 0 Å². The summed E-state index contributed by atoms with van der Waals surface area (Å²) in [6.07, 6.45) is 2.98. The molecule has 22 heavy (non-hydrogen) atoms. The molecule has 0 aliphatic heterocycles. The Labute approximate surface area is 130 Å². The molecule has 0 unspecified atom stereocenters. The highest BCUT2D eigenvalue weighted by Crippen LogP contribution is 2.15. The van der Waals surface area contributed by atoms with Crippen LogP contribution in [-0.2, 0) is 13.0 Å². The zero-order chi connectivity index (χ0) is 15.7. The predicted octanol–water partition coefficient (Wildman–Crippen LogP) is 3.29. The minimum absolute atomic E-state index is 0.146. The number of rotatable bonds is 4. The molecule has 3 heteroatoms. The van der Waals surface area contributed by atoms with E-state index in [0.29, 0.717) is 6.54 Å². The monoisotopic (exact) mass is 293 g/mol. The number of aryl methyl sites for hydroxylation is 3. The molecule has 0 atom stereocenters. The van der Waals surface area contributed by atoms with Crippen molar-refractivity contribution in [2.24, 2.45) is 0 Å². The van der Waals surface area contributed by atoms with Crippen LogP contribution in [0.15, 0.2) is 48.7 Å². The molecule has 0 amide bonds. The van der Waals surface area contributed by atoms with Gasteiger partial charge in [0.2, 0.25) is 18.0 Å². The van der Waals surface area contributed by atoms with Gasteiger partial charge < -0.3 is 4.40 Å². The number of hydrogen-bond acceptors (Lipinski definition) is 1. The van der Waals surface area contributed by atoms with Crippen LogP contribution in [0.2, 0.25) is 0 Å². The minimum atomic E-state index is 0.146. The summed E-state index contributed by atoms with van der Waals surface area (Å²) >= 11 is 0. The van der Waals surface area contributed by atoms with Gasteiger partial charge >= 0.3 is 0 Å². The Morgan fingerprint density at radius 1 is 1.05 bits per heavy atom. The van der Waals surface area contributed by atoms with Crippen LogP contribution in [0.3, 0.4) is 0 Å². The van der Waals surface area contributed by atoms with E-state index in [-0.39, 0.29) is 5.78 Å². The molecule has 0 aliphatic rings. The molecule has 0 aliphatic carbocycles. The van der Waals surface area contributed by atoms with Crippen LogP contribution in [0.25, 0.3) is 5.52 Å². The van der Waals surface area contributed by atoms with Crippen molar-refractivity contribution in [3.63, 3.8) is 0 Å². The van der Waals surface area contributed by atoms with E-state index >= 15 is 0 Å². The van der Waals surface area contributed by atoms with Gasteiger partial charge in [0.15, 0.2) is 6.20 Å². The molecule has 2 aromatic heterocycles. The van der Waals surface area contributed by atoms with Gasteiger partial charge in [0.05, 0.1) is 5.69 Å². The largest absolute Gasteiger partial charge is 0.307 e. The molecule has 0 saturated carbocycles. The molecule has 0 bridgehead atoms. The summed E-state index contributed by atoms with van der Waals surface area (Å²) in [6, 6.07) is 13.8. The maximum atomic E-state index is 12.5. The van der Waals surface area contributed by atoms with Crippen LogP contribution in [0, 0.1) is 13.8 Å². The molecule has 0 fully saturated rings. The normalized spacial score (nSPS) is 11.0. The third-order valence-corrected chi connectivity index (χ3v) is 4.16. The third kappa shape index (κ3) is 2.43. The summed E-state index contributed by atoms with van der Waals surface area (Å²) < 4.78 is 4.35. The number of nitrogens with zero attached hydrogens (tertiary/aromatic N) is 2. The van der Waals surface area contributed by atoms with Crippen LogP contribution in [0.1, 0.15) is 34.4 Å². The fourth-order valence-electron chi connectivity index (χ4n) is 3.14. The van der Waals surface area contributed by atoms with E-state index in [9.17, 15) is 4.79 Å². The van der Waals surface area contributed by atoms with Crippen LogP contribution < -0.4 is 4.57 Å². The first-order valence-corrected chi connectivity index (χ1v) is 7.70. The first-order valence-electron chi connectivity index (χ1n) is 7.70. The van der Waals surface area contributed by atoms with E-state index in [4.69, 9.17) is 0 Å². The second kappa shape index (κ2) is 5.76. The number of Topliss-reactive ketones (excluding diaryl/α,β-unsaturated/α-hetero) is 1. The van der Waals surface area contributed by atoms with E-state index in [2.05, 4.69) is 48.1 Å². The number of hydrogen-bond donors (Lipinski definition) is 0. The van der Waals surface area contributed by atoms with Crippen molar-refractivity contribution < 1.29 is 9.36 Å². The zero-order valence-corrected chi connectivity index (χ0v) is 13.3. The average Bonchev–Trinajstić information content (AvgIpc) is 2.91. The number of carbonyl (C=O) groups excluding carboxylic acids is 1. The van der Waals surface area contributed by atoms with Crippen molar-refractivity contribution in [3.05, 3.63) is 71.3 Å².